The molecule has 0 aromatic carbocycles. The Morgan fingerprint density at radius 1 is 1.24 bits per heavy atom. The van der Waals surface area contributed by atoms with E-state index < -0.39 is 0 Å². The smallest absolute Gasteiger partial charge is 0.0755 e. The van der Waals surface area contributed by atoms with Crippen molar-refractivity contribution in [3.63, 3.8) is 0 Å². The fourth-order valence-corrected chi connectivity index (χ4v) is 2.79. The van der Waals surface area contributed by atoms with Crippen LogP contribution in [-0.4, -0.2) is 54.1 Å². The molecule has 1 aromatic heterocycles. The van der Waals surface area contributed by atoms with E-state index >= 15 is 0 Å². The Hall–Kier alpha value is -0.910. The molecule has 5 heteroatoms. The Bertz CT molecular complexity index is 336. The minimum absolute atomic E-state index is 0.328. The van der Waals surface area contributed by atoms with Gasteiger partial charge in [-0.05, 0) is 18.9 Å². The fourth-order valence-electron chi connectivity index (χ4n) is 2.79. The summed E-state index contributed by atoms with van der Waals surface area (Å²) in [4.78, 5) is 2.56. The van der Waals surface area contributed by atoms with Crippen LogP contribution in [0.2, 0.25) is 0 Å². The Morgan fingerprint density at radius 2 is 2.12 bits per heavy atom. The van der Waals surface area contributed by atoms with Gasteiger partial charge in [0, 0.05) is 32.0 Å². The first-order valence-electron chi connectivity index (χ1n) is 6.35. The highest BCUT2D eigenvalue weighted by atomic mass is 16.5. The van der Waals surface area contributed by atoms with Crippen LogP contribution in [0.1, 0.15) is 24.6 Å². The summed E-state index contributed by atoms with van der Waals surface area (Å²) in [5, 5.41) is 7.12. The van der Waals surface area contributed by atoms with Crippen LogP contribution in [0, 0.1) is 0 Å². The maximum atomic E-state index is 5.61. The zero-order valence-corrected chi connectivity index (χ0v) is 9.97. The minimum Gasteiger partial charge on any atom is -0.381 e. The summed E-state index contributed by atoms with van der Waals surface area (Å²) in [5.41, 5.74) is 1.16. The van der Waals surface area contributed by atoms with Crippen LogP contribution in [0.25, 0.3) is 0 Å². The van der Waals surface area contributed by atoms with Gasteiger partial charge in [0.25, 0.3) is 0 Å². The van der Waals surface area contributed by atoms with Crippen molar-refractivity contribution in [3.8, 4) is 0 Å². The molecule has 0 aliphatic carbocycles. The first kappa shape index (κ1) is 11.2. The molecule has 1 N–H and O–H groups in total. The topological polar surface area (TPSA) is 50.4 Å². The second-order valence-corrected chi connectivity index (χ2v) is 4.68. The molecule has 1 aromatic rings. The van der Waals surface area contributed by atoms with Gasteiger partial charge in [0.2, 0.25) is 0 Å². The van der Waals surface area contributed by atoms with Gasteiger partial charge in [0.1, 0.15) is 0 Å². The van der Waals surface area contributed by atoms with Crippen LogP contribution >= 0.6 is 0 Å². The van der Waals surface area contributed by atoms with E-state index in [1.54, 1.807) is 0 Å². The van der Waals surface area contributed by atoms with E-state index in [4.69, 9.17) is 9.47 Å². The summed E-state index contributed by atoms with van der Waals surface area (Å²) >= 11 is 0. The molecule has 3 rings (SSSR count). The number of aromatic nitrogens is 2. The Balaban J connectivity index is 1.75. The number of ether oxygens (including phenoxy) is 2. The largest absolute Gasteiger partial charge is 0.381 e. The van der Waals surface area contributed by atoms with Crippen LogP contribution in [0.5, 0.6) is 0 Å². The van der Waals surface area contributed by atoms with Crippen LogP contribution in [0.15, 0.2) is 12.3 Å². The first-order chi connectivity index (χ1) is 8.45. The molecular weight excluding hydrogens is 218 g/mol. The zero-order chi connectivity index (χ0) is 11.5. The summed E-state index contributed by atoms with van der Waals surface area (Å²) < 4.78 is 11.0. The van der Waals surface area contributed by atoms with E-state index in [1.807, 2.05) is 12.3 Å². The number of nitrogens with zero attached hydrogens (tertiary/aromatic N) is 2. The van der Waals surface area contributed by atoms with E-state index in [-0.39, 0.29) is 0 Å². The maximum absolute atomic E-state index is 5.61. The standard InChI is InChI=1S/C12H19N3O2/c1-4-13-14-11(1)12-9-17-8-5-15(12)10-2-6-16-7-3-10/h1,4,10,12H,2-3,5-9H2,(H,13,14)/t12-/m1/s1. The van der Waals surface area contributed by atoms with Gasteiger partial charge < -0.3 is 9.47 Å². The zero-order valence-electron chi connectivity index (χ0n) is 9.97. The number of morpholine rings is 1. The SMILES string of the molecule is c1cc([C@H]2COCCN2C2CCOCC2)[nH]n1. The third-order valence-electron chi connectivity index (χ3n) is 3.71. The number of hydrogen-bond donors (Lipinski definition) is 1. The lowest BCUT2D eigenvalue weighted by molar-refractivity contribution is -0.0578. The van der Waals surface area contributed by atoms with Crippen molar-refractivity contribution < 1.29 is 9.47 Å². The molecule has 2 fully saturated rings. The summed E-state index contributed by atoms with van der Waals surface area (Å²) in [7, 11) is 0. The summed E-state index contributed by atoms with van der Waals surface area (Å²) in [5.74, 6) is 0. The average Bonchev–Trinajstić information content (AvgIpc) is 2.94. The molecular formula is C12H19N3O2. The molecule has 17 heavy (non-hydrogen) atoms. The Morgan fingerprint density at radius 3 is 2.88 bits per heavy atom. The molecule has 0 saturated carbocycles. The minimum atomic E-state index is 0.328. The lowest BCUT2D eigenvalue weighted by Crippen LogP contribution is -2.47. The van der Waals surface area contributed by atoms with Crippen molar-refractivity contribution in [2.24, 2.45) is 0 Å². The van der Waals surface area contributed by atoms with Crippen LogP contribution < -0.4 is 0 Å². The number of hydrogen-bond acceptors (Lipinski definition) is 4. The maximum Gasteiger partial charge on any atom is 0.0755 e. The van der Waals surface area contributed by atoms with Crippen LogP contribution in [0.4, 0.5) is 0 Å². The van der Waals surface area contributed by atoms with E-state index in [1.165, 1.54) is 0 Å². The highest BCUT2D eigenvalue weighted by Gasteiger charge is 2.32. The quantitative estimate of drug-likeness (QED) is 0.832. The molecule has 2 aliphatic heterocycles. The third kappa shape index (κ3) is 2.36. The third-order valence-corrected chi connectivity index (χ3v) is 3.71. The molecule has 1 atom stereocenters. The molecule has 0 amide bonds. The number of aromatic amines is 1. The predicted octanol–water partition coefficient (Wildman–Crippen LogP) is 0.962. The summed E-state index contributed by atoms with van der Waals surface area (Å²) in [6, 6.07) is 3.00. The van der Waals surface area contributed by atoms with Gasteiger partial charge in [-0.15, -0.1) is 0 Å². The summed E-state index contributed by atoms with van der Waals surface area (Å²) in [6.45, 7) is 4.38. The van der Waals surface area contributed by atoms with Crippen molar-refractivity contribution in [2.75, 3.05) is 33.0 Å². The van der Waals surface area contributed by atoms with Gasteiger partial charge in [-0.1, -0.05) is 0 Å². The number of nitrogens with one attached hydrogen (secondary N) is 1. The van der Waals surface area contributed by atoms with Gasteiger partial charge in [0.15, 0.2) is 0 Å². The monoisotopic (exact) mass is 237 g/mol. The van der Waals surface area contributed by atoms with Gasteiger partial charge >= 0.3 is 0 Å². The molecule has 3 heterocycles. The lowest BCUT2D eigenvalue weighted by atomic mass is 10.0. The molecule has 0 spiro atoms. The Kier molecular flexibility index (Phi) is 3.40. The molecule has 2 saturated heterocycles. The van der Waals surface area contributed by atoms with Crippen LogP contribution in [-0.2, 0) is 9.47 Å². The van der Waals surface area contributed by atoms with Crippen molar-refractivity contribution >= 4 is 0 Å². The molecule has 5 nitrogen and oxygen atoms in total. The normalized spacial score (nSPS) is 28.4. The lowest BCUT2D eigenvalue weighted by Gasteiger charge is -2.41. The van der Waals surface area contributed by atoms with Crippen molar-refractivity contribution in [2.45, 2.75) is 24.9 Å². The van der Waals surface area contributed by atoms with E-state index in [2.05, 4.69) is 15.1 Å². The molecule has 0 radical (unpaired) electrons. The molecule has 94 valence electrons. The van der Waals surface area contributed by atoms with E-state index in [9.17, 15) is 0 Å². The van der Waals surface area contributed by atoms with Gasteiger partial charge in [-0.3, -0.25) is 10.00 Å². The first-order valence-corrected chi connectivity index (χ1v) is 6.35. The van der Waals surface area contributed by atoms with Gasteiger partial charge in [0.05, 0.1) is 24.9 Å². The second-order valence-electron chi connectivity index (χ2n) is 4.68. The highest BCUT2D eigenvalue weighted by Crippen LogP contribution is 2.28. The Labute approximate surface area is 101 Å². The van der Waals surface area contributed by atoms with Crippen molar-refractivity contribution in [3.05, 3.63) is 18.0 Å². The average molecular weight is 237 g/mol. The molecule has 0 bridgehead atoms. The van der Waals surface area contributed by atoms with Gasteiger partial charge in [-0.2, -0.15) is 5.10 Å². The van der Waals surface area contributed by atoms with E-state index in [0.717, 1.165) is 51.5 Å². The van der Waals surface area contributed by atoms with Crippen LogP contribution in [0.3, 0.4) is 0 Å². The second kappa shape index (κ2) is 5.16. The summed E-state index contributed by atoms with van der Waals surface area (Å²) in [6.07, 6.45) is 4.07. The van der Waals surface area contributed by atoms with Gasteiger partial charge in [-0.25, -0.2) is 0 Å². The fraction of sp³-hybridized carbons (Fsp3) is 0.750. The van der Waals surface area contributed by atoms with Crippen molar-refractivity contribution in [1.29, 1.82) is 0 Å². The van der Waals surface area contributed by atoms with E-state index in [0.29, 0.717) is 12.1 Å². The number of rotatable bonds is 2. The highest BCUT2D eigenvalue weighted by molar-refractivity contribution is 5.07. The predicted molar refractivity (Wildman–Crippen MR) is 62.7 cm³/mol. The molecule has 2 aliphatic rings. The molecule has 0 unspecified atom stereocenters. The van der Waals surface area contributed by atoms with Crippen molar-refractivity contribution in [1.82, 2.24) is 15.1 Å². The number of H-pyrrole nitrogens is 1.